The zero-order chi connectivity index (χ0) is 18.4. The minimum atomic E-state index is 0.397. The van der Waals surface area contributed by atoms with Gasteiger partial charge in [0.05, 0.1) is 38.6 Å². The first kappa shape index (κ1) is 20.6. The van der Waals surface area contributed by atoms with Gasteiger partial charge in [0.2, 0.25) is 0 Å². The minimum Gasteiger partial charge on any atom is -0.382 e. The van der Waals surface area contributed by atoms with Crippen molar-refractivity contribution in [2.24, 2.45) is 17.3 Å². The van der Waals surface area contributed by atoms with Crippen molar-refractivity contribution in [2.45, 2.75) is 89.9 Å². The lowest BCUT2D eigenvalue weighted by molar-refractivity contribution is -0.0190. The number of rotatable bonds is 9. The average Bonchev–Trinajstić information content (AvgIpc) is 3.48. The maximum Gasteiger partial charge on any atom is 0.104 e. The summed E-state index contributed by atoms with van der Waals surface area (Å²) in [6, 6.07) is 0. The predicted molar refractivity (Wildman–Crippen MR) is 103 cm³/mol. The van der Waals surface area contributed by atoms with E-state index in [-0.39, 0.29) is 0 Å². The monoisotopic (exact) mass is 368 g/mol. The lowest BCUT2D eigenvalue weighted by Crippen LogP contribution is -2.36. The van der Waals surface area contributed by atoms with Crippen LogP contribution in [0.5, 0.6) is 0 Å². The van der Waals surface area contributed by atoms with Crippen LogP contribution in [0.3, 0.4) is 0 Å². The number of ether oxygens (including phenoxy) is 4. The molecule has 0 aromatic carbocycles. The van der Waals surface area contributed by atoms with Crippen LogP contribution in [-0.2, 0) is 18.9 Å². The Balaban J connectivity index is 1.42. The van der Waals surface area contributed by atoms with Crippen molar-refractivity contribution in [2.75, 3.05) is 33.5 Å². The third kappa shape index (κ3) is 5.92. The fourth-order valence-electron chi connectivity index (χ4n) is 5.19. The second kappa shape index (κ2) is 9.86. The molecule has 4 heteroatoms. The molecule has 0 aromatic heterocycles. The molecule has 0 radical (unpaired) electrons. The topological polar surface area (TPSA) is 40.2 Å². The van der Waals surface area contributed by atoms with E-state index >= 15 is 0 Å². The molecule has 3 fully saturated rings. The number of hydrogen-bond donors (Lipinski definition) is 0. The summed E-state index contributed by atoms with van der Waals surface area (Å²) in [5.74, 6) is 1.68. The summed E-state index contributed by atoms with van der Waals surface area (Å²) >= 11 is 0. The van der Waals surface area contributed by atoms with Crippen molar-refractivity contribution in [3.63, 3.8) is 0 Å². The zero-order valence-corrected chi connectivity index (χ0v) is 17.2. The van der Waals surface area contributed by atoms with Crippen LogP contribution < -0.4 is 0 Å². The predicted octanol–water partition coefficient (Wildman–Crippen LogP) is 4.60. The molecule has 2 aliphatic carbocycles. The normalized spacial score (nSPS) is 35.9. The van der Waals surface area contributed by atoms with Crippen LogP contribution in [-0.4, -0.2) is 51.8 Å². The van der Waals surface area contributed by atoms with Gasteiger partial charge in [0.1, 0.15) is 6.10 Å². The van der Waals surface area contributed by atoms with Crippen LogP contribution in [0.2, 0.25) is 0 Å². The van der Waals surface area contributed by atoms with Gasteiger partial charge in [-0.15, -0.1) is 0 Å². The molecule has 3 aliphatic rings. The molecule has 152 valence electrons. The van der Waals surface area contributed by atoms with Crippen molar-refractivity contribution in [3.05, 3.63) is 0 Å². The third-order valence-corrected chi connectivity index (χ3v) is 7.26. The van der Waals surface area contributed by atoms with Crippen LogP contribution in [0.1, 0.15) is 71.6 Å². The Bertz CT molecular complexity index is 399. The van der Waals surface area contributed by atoms with Gasteiger partial charge < -0.3 is 18.9 Å². The standard InChI is InChI=1S/C22H40O4/c1-22(2,17-5-4-6-19(10-7-17)24-14-13-23-3)18-8-11-20(12-9-18)25-15-21-16-26-21/h17-21H,4-16H2,1-3H3. The van der Waals surface area contributed by atoms with Gasteiger partial charge >= 0.3 is 0 Å². The Morgan fingerprint density at radius 2 is 1.42 bits per heavy atom. The summed E-state index contributed by atoms with van der Waals surface area (Å²) in [5.41, 5.74) is 0.437. The summed E-state index contributed by atoms with van der Waals surface area (Å²) < 4.78 is 22.4. The summed E-state index contributed by atoms with van der Waals surface area (Å²) in [7, 11) is 1.74. The van der Waals surface area contributed by atoms with Gasteiger partial charge in [-0.25, -0.2) is 0 Å². The highest BCUT2D eigenvalue weighted by Gasteiger charge is 2.40. The van der Waals surface area contributed by atoms with Crippen LogP contribution >= 0.6 is 0 Å². The quantitative estimate of drug-likeness (QED) is 0.339. The largest absolute Gasteiger partial charge is 0.382 e. The van der Waals surface area contributed by atoms with Gasteiger partial charge in [-0.2, -0.15) is 0 Å². The molecule has 26 heavy (non-hydrogen) atoms. The van der Waals surface area contributed by atoms with Crippen molar-refractivity contribution in [3.8, 4) is 0 Å². The molecule has 1 heterocycles. The van der Waals surface area contributed by atoms with Crippen molar-refractivity contribution < 1.29 is 18.9 Å². The fraction of sp³-hybridized carbons (Fsp3) is 1.00. The van der Waals surface area contributed by atoms with E-state index in [9.17, 15) is 0 Å². The smallest absolute Gasteiger partial charge is 0.104 e. The molecule has 3 atom stereocenters. The number of methoxy groups -OCH3 is 1. The van der Waals surface area contributed by atoms with Crippen molar-refractivity contribution in [1.29, 1.82) is 0 Å². The van der Waals surface area contributed by atoms with Gasteiger partial charge in [-0.1, -0.05) is 20.3 Å². The highest BCUT2D eigenvalue weighted by Crippen LogP contribution is 2.48. The Kier molecular flexibility index (Phi) is 7.80. The van der Waals surface area contributed by atoms with E-state index < -0.39 is 0 Å². The molecule has 1 saturated heterocycles. The van der Waals surface area contributed by atoms with Crippen LogP contribution in [0.15, 0.2) is 0 Å². The number of epoxide rings is 1. The van der Waals surface area contributed by atoms with E-state index in [1.54, 1.807) is 7.11 Å². The maximum absolute atomic E-state index is 6.04. The van der Waals surface area contributed by atoms with Crippen LogP contribution in [0.4, 0.5) is 0 Å². The Hall–Kier alpha value is -0.160. The van der Waals surface area contributed by atoms with E-state index in [0.29, 0.717) is 30.3 Å². The molecule has 0 bridgehead atoms. The van der Waals surface area contributed by atoms with Gasteiger partial charge in [-0.3, -0.25) is 0 Å². The Labute approximate surface area is 160 Å². The van der Waals surface area contributed by atoms with Gasteiger partial charge in [-0.05, 0) is 68.6 Å². The SMILES string of the molecule is COCCOC1CCCC(C(C)(C)C2CCC(OCC3CO3)CC2)CC1. The van der Waals surface area contributed by atoms with Crippen LogP contribution in [0.25, 0.3) is 0 Å². The van der Waals surface area contributed by atoms with Gasteiger partial charge in [0.25, 0.3) is 0 Å². The van der Waals surface area contributed by atoms with E-state index in [1.807, 2.05) is 0 Å². The fourth-order valence-corrected chi connectivity index (χ4v) is 5.19. The second-order valence-corrected chi connectivity index (χ2v) is 9.27. The maximum atomic E-state index is 6.04. The van der Waals surface area contributed by atoms with E-state index in [4.69, 9.17) is 18.9 Å². The lowest BCUT2D eigenvalue weighted by Gasteiger charge is -2.44. The van der Waals surface area contributed by atoms with E-state index in [1.165, 1.54) is 57.8 Å². The summed E-state index contributed by atoms with van der Waals surface area (Å²) in [6.45, 7) is 8.24. The molecule has 0 N–H and O–H groups in total. The van der Waals surface area contributed by atoms with Gasteiger partial charge in [0.15, 0.2) is 0 Å². The first-order valence-corrected chi connectivity index (χ1v) is 10.9. The van der Waals surface area contributed by atoms with Crippen LogP contribution in [0, 0.1) is 17.3 Å². The summed E-state index contributed by atoms with van der Waals surface area (Å²) in [4.78, 5) is 0. The number of hydrogen-bond acceptors (Lipinski definition) is 4. The second-order valence-electron chi connectivity index (χ2n) is 9.27. The van der Waals surface area contributed by atoms with Gasteiger partial charge in [0, 0.05) is 7.11 Å². The molecule has 0 spiro atoms. The molecule has 1 aliphatic heterocycles. The molecule has 0 amide bonds. The molecular formula is C22H40O4. The molecule has 3 rings (SSSR count). The highest BCUT2D eigenvalue weighted by atomic mass is 16.6. The third-order valence-electron chi connectivity index (χ3n) is 7.26. The zero-order valence-electron chi connectivity index (χ0n) is 17.2. The highest BCUT2D eigenvalue weighted by molar-refractivity contribution is 4.90. The molecular weight excluding hydrogens is 328 g/mol. The minimum absolute atomic E-state index is 0.397. The van der Waals surface area contributed by atoms with Crippen molar-refractivity contribution in [1.82, 2.24) is 0 Å². The summed E-state index contributed by atoms with van der Waals surface area (Å²) in [5, 5.41) is 0. The van der Waals surface area contributed by atoms with Crippen molar-refractivity contribution >= 4 is 0 Å². The lowest BCUT2D eigenvalue weighted by atomic mass is 9.62. The molecule has 2 saturated carbocycles. The molecule has 4 nitrogen and oxygen atoms in total. The van der Waals surface area contributed by atoms with E-state index in [2.05, 4.69) is 13.8 Å². The first-order valence-electron chi connectivity index (χ1n) is 10.9. The summed E-state index contributed by atoms with van der Waals surface area (Å²) in [6.07, 6.45) is 12.9. The average molecular weight is 369 g/mol. The first-order chi connectivity index (χ1) is 12.6. The van der Waals surface area contributed by atoms with E-state index in [0.717, 1.165) is 31.7 Å². The Morgan fingerprint density at radius 1 is 0.808 bits per heavy atom. The molecule has 3 unspecified atom stereocenters. The Morgan fingerprint density at radius 3 is 2.04 bits per heavy atom. The molecule has 0 aromatic rings.